The molecule has 0 atom stereocenters. The van der Waals surface area contributed by atoms with Crippen molar-refractivity contribution >= 4 is 29.5 Å². The van der Waals surface area contributed by atoms with Crippen molar-refractivity contribution in [2.75, 3.05) is 5.43 Å². The molecule has 0 aliphatic rings. The van der Waals surface area contributed by atoms with E-state index < -0.39 is 17.7 Å². The first-order valence-corrected chi connectivity index (χ1v) is 6.62. The maximum absolute atomic E-state index is 12.6. The monoisotopic (exact) mass is 341 g/mol. The van der Waals surface area contributed by atoms with E-state index in [9.17, 15) is 23.1 Å². The van der Waals surface area contributed by atoms with Crippen LogP contribution in [0.25, 0.3) is 0 Å². The molecule has 0 unspecified atom stereocenters. The molecule has 4 nitrogen and oxygen atoms in total. The van der Waals surface area contributed by atoms with Crippen LogP contribution >= 0.6 is 11.6 Å². The van der Waals surface area contributed by atoms with Crippen LogP contribution in [0.3, 0.4) is 0 Å². The average Bonchev–Trinajstić information content (AvgIpc) is 2.48. The van der Waals surface area contributed by atoms with E-state index in [4.69, 9.17) is 11.6 Å². The number of alkyl halides is 3. The summed E-state index contributed by atoms with van der Waals surface area (Å²) in [5, 5.41) is 14.5. The average molecular weight is 342 g/mol. The third-order valence-electron chi connectivity index (χ3n) is 2.84. The second-order valence-corrected chi connectivity index (χ2v) is 4.88. The summed E-state index contributed by atoms with van der Waals surface area (Å²) in [6.07, 6.45) is -3.17. The van der Waals surface area contributed by atoms with Gasteiger partial charge in [-0.05, 0) is 29.3 Å². The quantitative estimate of drug-likeness (QED) is 0.686. The summed E-state index contributed by atoms with van der Waals surface area (Å²) in [4.78, 5) is 10.6. The molecule has 1 N–H and O–H groups in total. The molecule has 0 fully saturated rings. The van der Waals surface area contributed by atoms with Crippen molar-refractivity contribution in [3.05, 3.63) is 64.2 Å². The molecule has 0 saturated carbocycles. The van der Waals surface area contributed by atoms with Gasteiger partial charge < -0.3 is 9.90 Å². The number of hydrogen-bond donors (Lipinski definition) is 1. The topological polar surface area (TPSA) is 64.5 Å². The zero-order chi connectivity index (χ0) is 17.0. The van der Waals surface area contributed by atoms with Crippen LogP contribution in [-0.2, 0) is 6.18 Å². The second-order valence-electron chi connectivity index (χ2n) is 4.47. The molecule has 2 rings (SSSR count). The van der Waals surface area contributed by atoms with E-state index in [0.29, 0.717) is 5.56 Å². The molecule has 0 spiro atoms. The number of carboxylic acid groups (broad SMARTS) is 1. The number of carboxylic acids is 1. The molecular weight excluding hydrogens is 333 g/mol. The summed E-state index contributed by atoms with van der Waals surface area (Å²) in [5.41, 5.74) is 2.13. The van der Waals surface area contributed by atoms with Crippen LogP contribution in [-0.4, -0.2) is 12.2 Å². The number of carbonyl (C=O) groups excluding carboxylic acids is 1. The van der Waals surface area contributed by atoms with Crippen LogP contribution in [0, 0.1) is 0 Å². The zero-order valence-electron chi connectivity index (χ0n) is 11.4. The number of aromatic carboxylic acids is 1. The fourth-order valence-corrected chi connectivity index (χ4v) is 1.83. The van der Waals surface area contributed by atoms with Crippen molar-refractivity contribution in [2.24, 2.45) is 5.10 Å². The smallest absolute Gasteiger partial charge is 0.416 e. The molecule has 0 amide bonds. The van der Waals surface area contributed by atoms with Crippen LogP contribution < -0.4 is 10.5 Å². The van der Waals surface area contributed by atoms with Crippen LogP contribution in [0.2, 0.25) is 5.02 Å². The normalized spacial score (nSPS) is 11.7. The van der Waals surface area contributed by atoms with Crippen LogP contribution in [0.4, 0.5) is 18.9 Å². The zero-order valence-corrected chi connectivity index (χ0v) is 12.2. The van der Waals surface area contributed by atoms with Gasteiger partial charge >= 0.3 is 6.18 Å². The highest BCUT2D eigenvalue weighted by molar-refractivity contribution is 6.33. The first-order valence-electron chi connectivity index (χ1n) is 6.24. The number of rotatable bonds is 4. The molecule has 2 aromatic carbocycles. The third kappa shape index (κ3) is 4.46. The van der Waals surface area contributed by atoms with E-state index in [1.807, 2.05) is 0 Å². The molecule has 0 aliphatic heterocycles. The van der Waals surface area contributed by atoms with Gasteiger partial charge in [-0.2, -0.15) is 18.3 Å². The Morgan fingerprint density at radius 3 is 2.39 bits per heavy atom. The Kier molecular flexibility index (Phi) is 4.90. The molecule has 23 heavy (non-hydrogen) atoms. The lowest BCUT2D eigenvalue weighted by Gasteiger charge is -2.09. The summed E-state index contributed by atoms with van der Waals surface area (Å²) >= 11 is 5.81. The van der Waals surface area contributed by atoms with E-state index in [1.165, 1.54) is 30.5 Å². The van der Waals surface area contributed by atoms with E-state index >= 15 is 0 Å². The van der Waals surface area contributed by atoms with Crippen molar-refractivity contribution in [3.8, 4) is 0 Å². The largest absolute Gasteiger partial charge is 0.545 e. The highest BCUT2D eigenvalue weighted by atomic mass is 35.5. The molecule has 2 aromatic rings. The van der Waals surface area contributed by atoms with Gasteiger partial charge in [0.15, 0.2) is 0 Å². The Hall–Kier alpha value is -2.54. The summed E-state index contributed by atoms with van der Waals surface area (Å²) in [6.45, 7) is 0. The number of benzene rings is 2. The van der Waals surface area contributed by atoms with E-state index in [2.05, 4.69) is 10.5 Å². The Morgan fingerprint density at radius 1 is 1.17 bits per heavy atom. The van der Waals surface area contributed by atoms with Crippen LogP contribution in [0.1, 0.15) is 21.5 Å². The lowest BCUT2D eigenvalue weighted by atomic mass is 10.1. The standard InChI is InChI=1S/C15H10ClF3N2O2/c16-12-6-5-11(15(17,18)19)7-13(12)21-20-8-9-1-3-10(4-2-9)14(22)23/h1-8,21H,(H,22,23)/p-1/b20-8-. The van der Waals surface area contributed by atoms with Gasteiger partial charge in [-0.25, -0.2) is 0 Å². The second kappa shape index (κ2) is 6.70. The number of nitrogens with zero attached hydrogens (tertiary/aromatic N) is 1. The fraction of sp³-hybridized carbons (Fsp3) is 0.0667. The van der Waals surface area contributed by atoms with Gasteiger partial charge in [-0.15, -0.1) is 0 Å². The van der Waals surface area contributed by atoms with Gasteiger partial charge in [0.05, 0.1) is 28.5 Å². The lowest BCUT2D eigenvalue weighted by molar-refractivity contribution is -0.255. The summed E-state index contributed by atoms with van der Waals surface area (Å²) in [5.74, 6) is -1.30. The Labute approximate surface area is 134 Å². The number of hydrazone groups is 1. The molecule has 0 radical (unpaired) electrons. The summed E-state index contributed by atoms with van der Waals surface area (Å²) in [7, 11) is 0. The number of nitrogens with one attached hydrogen (secondary N) is 1. The molecule has 0 heterocycles. The van der Waals surface area contributed by atoms with Gasteiger partial charge in [0.1, 0.15) is 0 Å². The van der Waals surface area contributed by atoms with Gasteiger partial charge in [0, 0.05) is 0 Å². The lowest BCUT2D eigenvalue weighted by Crippen LogP contribution is -2.21. The molecule has 0 saturated heterocycles. The molecular formula is C15H9ClF3N2O2-. The minimum Gasteiger partial charge on any atom is -0.545 e. The van der Waals surface area contributed by atoms with Crippen LogP contribution in [0.15, 0.2) is 47.6 Å². The van der Waals surface area contributed by atoms with E-state index in [1.54, 1.807) is 0 Å². The molecule has 8 heteroatoms. The van der Waals surface area contributed by atoms with Gasteiger partial charge in [0.2, 0.25) is 0 Å². The minimum absolute atomic E-state index is 0.00379. The van der Waals surface area contributed by atoms with Crippen molar-refractivity contribution in [1.29, 1.82) is 0 Å². The van der Waals surface area contributed by atoms with Crippen molar-refractivity contribution < 1.29 is 23.1 Å². The first kappa shape index (κ1) is 16.8. The molecule has 120 valence electrons. The van der Waals surface area contributed by atoms with Gasteiger partial charge in [0.25, 0.3) is 0 Å². The molecule has 0 aromatic heterocycles. The molecule has 0 aliphatic carbocycles. The highest BCUT2D eigenvalue weighted by Crippen LogP contribution is 2.33. The number of halogens is 4. The van der Waals surface area contributed by atoms with Gasteiger partial charge in [-0.3, -0.25) is 5.43 Å². The van der Waals surface area contributed by atoms with E-state index in [0.717, 1.165) is 18.2 Å². The predicted molar refractivity (Wildman–Crippen MR) is 78.4 cm³/mol. The first-order chi connectivity index (χ1) is 10.8. The number of hydrogen-bond acceptors (Lipinski definition) is 4. The number of carbonyl (C=O) groups is 1. The minimum atomic E-state index is -4.48. The summed E-state index contributed by atoms with van der Waals surface area (Å²) < 4.78 is 37.9. The number of anilines is 1. The maximum Gasteiger partial charge on any atom is 0.416 e. The van der Waals surface area contributed by atoms with Crippen molar-refractivity contribution in [1.82, 2.24) is 0 Å². The van der Waals surface area contributed by atoms with Crippen LogP contribution in [0.5, 0.6) is 0 Å². The third-order valence-corrected chi connectivity index (χ3v) is 3.17. The van der Waals surface area contributed by atoms with Gasteiger partial charge in [-0.1, -0.05) is 35.9 Å². The van der Waals surface area contributed by atoms with Crippen molar-refractivity contribution in [2.45, 2.75) is 6.18 Å². The highest BCUT2D eigenvalue weighted by Gasteiger charge is 2.30. The Balaban J connectivity index is 2.12. The maximum atomic E-state index is 12.6. The SMILES string of the molecule is O=C([O-])c1ccc(/C=N\Nc2cc(C(F)(F)F)ccc2Cl)cc1. The Morgan fingerprint density at radius 2 is 1.83 bits per heavy atom. The predicted octanol–water partition coefficient (Wildman–Crippen LogP) is 3.17. The fourth-order valence-electron chi connectivity index (χ4n) is 1.67. The summed E-state index contributed by atoms with van der Waals surface area (Å²) in [6, 6.07) is 8.45. The Bertz CT molecular complexity index is 743. The van der Waals surface area contributed by atoms with Crippen molar-refractivity contribution in [3.63, 3.8) is 0 Å². The van der Waals surface area contributed by atoms with E-state index in [-0.39, 0.29) is 16.3 Å². The molecule has 0 bridgehead atoms.